The van der Waals surface area contributed by atoms with Crippen molar-refractivity contribution in [2.24, 2.45) is 0 Å². The van der Waals surface area contributed by atoms with Crippen molar-refractivity contribution in [3.8, 4) is 0 Å². The summed E-state index contributed by atoms with van der Waals surface area (Å²) in [5.74, 6) is 0. The van der Waals surface area contributed by atoms with Gasteiger partial charge < -0.3 is 5.32 Å². The van der Waals surface area contributed by atoms with Crippen LogP contribution in [0.5, 0.6) is 0 Å². The molecule has 0 bridgehead atoms. The lowest BCUT2D eigenvalue weighted by atomic mass is 10.1. The predicted octanol–water partition coefficient (Wildman–Crippen LogP) is 3.40. The lowest BCUT2D eigenvalue weighted by Crippen LogP contribution is -2.14. The van der Waals surface area contributed by atoms with Crippen LogP contribution in [0.4, 0.5) is 0 Å². The minimum atomic E-state index is 1.08. The number of hydrogen-bond donors (Lipinski definition) is 1. The van der Waals surface area contributed by atoms with E-state index in [1.807, 2.05) is 0 Å². The zero-order valence-electron chi connectivity index (χ0n) is 9.79. The van der Waals surface area contributed by atoms with Gasteiger partial charge in [-0.3, -0.25) is 0 Å². The largest absolute Gasteiger partial charge is 0.316 e. The standard InChI is InChI=1S/C14H21N/c1-3-11-15-12-7-6-10-14-9-5-4-8-13(14)2/h4-6,8-10,15H,3,7,11-12H2,1-2H3. The molecule has 0 heterocycles. The van der Waals surface area contributed by atoms with Crippen molar-refractivity contribution in [1.29, 1.82) is 0 Å². The van der Waals surface area contributed by atoms with Crippen molar-refractivity contribution in [3.63, 3.8) is 0 Å². The normalized spacial score (nSPS) is 11.1. The third kappa shape index (κ3) is 4.80. The molecule has 1 N–H and O–H groups in total. The first kappa shape index (κ1) is 12.0. The lowest BCUT2D eigenvalue weighted by molar-refractivity contribution is 0.679. The lowest BCUT2D eigenvalue weighted by Gasteiger charge is -2.00. The molecule has 0 radical (unpaired) electrons. The monoisotopic (exact) mass is 203 g/mol. The summed E-state index contributed by atoms with van der Waals surface area (Å²) in [6.07, 6.45) is 6.77. The fourth-order valence-corrected chi connectivity index (χ4v) is 1.47. The average Bonchev–Trinajstić information content (AvgIpc) is 2.25. The number of benzene rings is 1. The summed E-state index contributed by atoms with van der Waals surface area (Å²) in [6.45, 7) is 6.54. The van der Waals surface area contributed by atoms with Gasteiger partial charge in [0.05, 0.1) is 0 Å². The average molecular weight is 203 g/mol. The van der Waals surface area contributed by atoms with Crippen LogP contribution >= 0.6 is 0 Å². The Morgan fingerprint density at radius 3 is 2.73 bits per heavy atom. The zero-order chi connectivity index (χ0) is 10.9. The molecule has 0 aliphatic heterocycles. The van der Waals surface area contributed by atoms with E-state index in [-0.39, 0.29) is 0 Å². The Balaban J connectivity index is 2.29. The first-order valence-electron chi connectivity index (χ1n) is 5.77. The highest BCUT2D eigenvalue weighted by atomic mass is 14.8. The highest BCUT2D eigenvalue weighted by molar-refractivity contribution is 5.53. The van der Waals surface area contributed by atoms with Gasteiger partial charge in [0, 0.05) is 0 Å². The van der Waals surface area contributed by atoms with E-state index in [0.717, 1.165) is 19.5 Å². The summed E-state index contributed by atoms with van der Waals surface area (Å²) in [4.78, 5) is 0. The van der Waals surface area contributed by atoms with Gasteiger partial charge in [0.15, 0.2) is 0 Å². The molecule has 15 heavy (non-hydrogen) atoms. The number of rotatable bonds is 6. The minimum Gasteiger partial charge on any atom is -0.316 e. The molecule has 0 atom stereocenters. The van der Waals surface area contributed by atoms with Crippen LogP contribution in [0.25, 0.3) is 6.08 Å². The van der Waals surface area contributed by atoms with Gasteiger partial charge in [0.25, 0.3) is 0 Å². The smallest absolute Gasteiger partial charge is 0.00142 e. The first-order chi connectivity index (χ1) is 7.34. The Kier molecular flexibility index (Phi) is 5.79. The third-order valence-electron chi connectivity index (χ3n) is 2.40. The molecule has 0 spiro atoms. The second kappa shape index (κ2) is 7.24. The van der Waals surface area contributed by atoms with Crippen molar-refractivity contribution in [2.75, 3.05) is 13.1 Å². The summed E-state index contributed by atoms with van der Waals surface area (Å²) >= 11 is 0. The Bertz CT molecular complexity index is 302. The molecule has 0 saturated carbocycles. The van der Waals surface area contributed by atoms with Gasteiger partial charge >= 0.3 is 0 Å². The van der Waals surface area contributed by atoms with Crippen LogP contribution < -0.4 is 5.32 Å². The maximum absolute atomic E-state index is 3.38. The summed E-state index contributed by atoms with van der Waals surface area (Å²) < 4.78 is 0. The first-order valence-corrected chi connectivity index (χ1v) is 5.77. The number of aryl methyl sites for hydroxylation is 1. The molecule has 82 valence electrons. The molecular formula is C14H21N. The van der Waals surface area contributed by atoms with E-state index in [4.69, 9.17) is 0 Å². The highest BCUT2D eigenvalue weighted by Gasteiger charge is 1.89. The summed E-state index contributed by atoms with van der Waals surface area (Å²) in [6, 6.07) is 8.47. The topological polar surface area (TPSA) is 12.0 Å². The van der Waals surface area contributed by atoms with E-state index >= 15 is 0 Å². The van der Waals surface area contributed by atoms with Crippen molar-refractivity contribution in [2.45, 2.75) is 26.7 Å². The molecule has 1 aromatic rings. The van der Waals surface area contributed by atoms with E-state index in [1.165, 1.54) is 17.5 Å². The summed E-state index contributed by atoms with van der Waals surface area (Å²) in [5.41, 5.74) is 2.67. The van der Waals surface area contributed by atoms with Crippen molar-refractivity contribution in [3.05, 3.63) is 41.5 Å². The highest BCUT2D eigenvalue weighted by Crippen LogP contribution is 2.08. The predicted molar refractivity (Wildman–Crippen MR) is 68.0 cm³/mol. The third-order valence-corrected chi connectivity index (χ3v) is 2.40. The van der Waals surface area contributed by atoms with Crippen molar-refractivity contribution < 1.29 is 0 Å². The van der Waals surface area contributed by atoms with Gasteiger partial charge in [0.2, 0.25) is 0 Å². The van der Waals surface area contributed by atoms with E-state index in [2.05, 4.69) is 55.6 Å². The quantitative estimate of drug-likeness (QED) is 0.699. The van der Waals surface area contributed by atoms with Gasteiger partial charge in [-0.25, -0.2) is 0 Å². The van der Waals surface area contributed by atoms with Crippen LogP contribution in [-0.4, -0.2) is 13.1 Å². The Labute approximate surface area is 93.2 Å². The van der Waals surface area contributed by atoms with Gasteiger partial charge in [0.1, 0.15) is 0 Å². The SMILES string of the molecule is CCCNCCC=Cc1ccccc1C. The number of hydrogen-bond acceptors (Lipinski definition) is 1. The fourth-order valence-electron chi connectivity index (χ4n) is 1.47. The van der Waals surface area contributed by atoms with Crippen LogP contribution in [-0.2, 0) is 0 Å². The van der Waals surface area contributed by atoms with Gasteiger partial charge in [-0.15, -0.1) is 0 Å². The number of nitrogens with one attached hydrogen (secondary N) is 1. The molecule has 1 nitrogen and oxygen atoms in total. The molecule has 1 aromatic carbocycles. The molecule has 0 amide bonds. The second-order valence-corrected chi connectivity index (χ2v) is 3.80. The van der Waals surface area contributed by atoms with E-state index in [1.54, 1.807) is 0 Å². The van der Waals surface area contributed by atoms with Crippen LogP contribution in [0.15, 0.2) is 30.3 Å². The van der Waals surface area contributed by atoms with E-state index in [0.29, 0.717) is 0 Å². The van der Waals surface area contributed by atoms with Crippen LogP contribution in [0.2, 0.25) is 0 Å². The minimum absolute atomic E-state index is 1.08. The molecular weight excluding hydrogens is 182 g/mol. The molecule has 0 fully saturated rings. The molecule has 0 aliphatic carbocycles. The Morgan fingerprint density at radius 1 is 1.20 bits per heavy atom. The molecule has 0 unspecified atom stereocenters. The van der Waals surface area contributed by atoms with Gasteiger partial charge in [-0.05, 0) is 44.0 Å². The molecule has 0 saturated heterocycles. The van der Waals surface area contributed by atoms with Crippen LogP contribution in [0, 0.1) is 6.92 Å². The molecule has 0 aliphatic rings. The Hall–Kier alpha value is -1.08. The van der Waals surface area contributed by atoms with Crippen molar-refractivity contribution in [1.82, 2.24) is 5.32 Å². The zero-order valence-corrected chi connectivity index (χ0v) is 9.79. The van der Waals surface area contributed by atoms with E-state index < -0.39 is 0 Å². The van der Waals surface area contributed by atoms with Crippen molar-refractivity contribution >= 4 is 6.08 Å². The molecule has 1 heteroatoms. The molecule has 0 aromatic heterocycles. The second-order valence-electron chi connectivity index (χ2n) is 3.80. The summed E-state index contributed by atoms with van der Waals surface area (Å²) in [7, 11) is 0. The fraction of sp³-hybridized carbons (Fsp3) is 0.429. The maximum atomic E-state index is 3.38. The van der Waals surface area contributed by atoms with Gasteiger partial charge in [-0.2, -0.15) is 0 Å². The summed E-state index contributed by atoms with van der Waals surface area (Å²) in [5, 5.41) is 3.38. The van der Waals surface area contributed by atoms with Crippen LogP contribution in [0.1, 0.15) is 30.9 Å². The Morgan fingerprint density at radius 2 is 2.00 bits per heavy atom. The molecule has 1 rings (SSSR count). The van der Waals surface area contributed by atoms with E-state index in [9.17, 15) is 0 Å². The van der Waals surface area contributed by atoms with Gasteiger partial charge in [-0.1, -0.05) is 43.3 Å². The van der Waals surface area contributed by atoms with Crippen LogP contribution in [0.3, 0.4) is 0 Å². The maximum Gasteiger partial charge on any atom is -0.00142 e.